The first-order valence-electron chi connectivity index (χ1n) is 8.93. The zero-order valence-electron chi connectivity index (χ0n) is 15.3. The molecule has 1 aliphatic carbocycles. The van der Waals surface area contributed by atoms with Crippen molar-refractivity contribution in [3.8, 4) is 0 Å². The number of nitrogens with zero attached hydrogens (tertiary/aromatic N) is 1. The summed E-state index contributed by atoms with van der Waals surface area (Å²) in [6.07, 6.45) is -2.15. The van der Waals surface area contributed by atoms with Crippen LogP contribution in [0.3, 0.4) is 0 Å². The predicted octanol–water partition coefficient (Wildman–Crippen LogP) is 2.44. The van der Waals surface area contributed by atoms with Gasteiger partial charge in [0.2, 0.25) is 15.9 Å². The molecule has 154 valence electrons. The van der Waals surface area contributed by atoms with Crippen molar-refractivity contribution in [1.29, 1.82) is 0 Å². The van der Waals surface area contributed by atoms with Crippen molar-refractivity contribution in [3.05, 3.63) is 35.4 Å². The van der Waals surface area contributed by atoms with Gasteiger partial charge in [0.15, 0.2) is 0 Å². The Labute approximate surface area is 161 Å². The summed E-state index contributed by atoms with van der Waals surface area (Å²) in [5, 5.41) is 0. The Morgan fingerprint density at radius 3 is 2.43 bits per heavy atom. The smallest absolute Gasteiger partial charge is 0.328 e. The van der Waals surface area contributed by atoms with Crippen LogP contribution in [-0.4, -0.2) is 37.2 Å². The number of carbonyl (C=O) groups is 2. The monoisotopic (exact) mass is 418 g/mol. The van der Waals surface area contributed by atoms with E-state index in [-0.39, 0.29) is 5.91 Å². The van der Waals surface area contributed by atoms with Crippen LogP contribution in [0.25, 0.3) is 0 Å². The third kappa shape index (κ3) is 4.31. The average Bonchev–Trinajstić information content (AvgIpc) is 3.35. The van der Waals surface area contributed by atoms with Crippen molar-refractivity contribution in [1.82, 2.24) is 9.62 Å². The van der Waals surface area contributed by atoms with Gasteiger partial charge in [0.05, 0.1) is 11.3 Å². The van der Waals surface area contributed by atoms with Crippen LogP contribution in [0.5, 0.6) is 0 Å². The largest absolute Gasteiger partial charge is 0.416 e. The molecule has 2 fully saturated rings. The molecule has 1 saturated heterocycles. The van der Waals surface area contributed by atoms with Gasteiger partial charge in [-0.3, -0.25) is 14.3 Å². The third-order valence-electron chi connectivity index (χ3n) is 5.28. The lowest BCUT2D eigenvalue weighted by Gasteiger charge is -2.49. The van der Waals surface area contributed by atoms with Crippen LogP contribution in [0.2, 0.25) is 0 Å². The highest BCUT2D eigenvalue weighted by Crippen LogP contribution is 2.37. The van der Waals surface area contributed by atoms with E-state index in [4.69, 9.17) is 0 Å². The molecule has 10 heteroatoms. The molecule has 6 nitrogen and oxygen atoms in total. The van der Waals surface area contributed by atoms with E-state index in [2.05, 4.69) is 0 Å². The maximum atomic E-state index is 13.1. The molecule has 1 aromatic rings. The number of nitrogens with one attached hydrogen (secondary N) is 1. The van der Waals surface area contributed by atoms with Gasteiger partial charge in [-0.05, 0) is 43.7 Å². The SMILES string of the molecule is CC1(C(=O)NS(=O)(=O)Cc2ccccc2C(F)(F)F)CCN1C(=O)CC1CC1. The van der Waals surface area contributed by atoms with E-state index in [9.17, 15) is 31.2 Å². The third-order valence-corrected chi connectivity index (χ3v) is 6.47. The minimum absolute atomic E-state index is 0.203. The summed E-state index contributed by atoms with van der Waals surface area (Å²) in [7, 11) is -4.37. The molecule has 0 bridgehead atoms. The molecular formula is C18H21F3N2O4S. The maximum absolute atomic E-state index is 13.1. The standard InChI is InChI=1S/C18H21F3N2O4S/c1-17(8-9-23(17)15(24)10-12-6-7-12)16(25)22-28(26,27)11-13-4-2-3-5-14(13)18(19,20)21/h2-5,12H,6-11H2,1H3,(H,22,25). The van der Waals surface area contributed by atoms with Crippen molar-refractivity contribution in [2.45, 2.75) is 50.1 Å². The number of sulfonamides is 1. The Morgan fingerprint density at radius 2 is 1.89 bits per heavy atom. The van der Waals surface area contributed by atoms with E-state index < -0.39 is 44.5 Å². The van der Waals surface area contributed by atoms with E-state index in [0.29, 0.717) is 25.3 Å². The molecular weight excluding hydrogens is 397 g/mol. The molecule has 28 heavy (non-hydrogen) atoms. The van der Waals surface area contributed by atoms with Crippen LogP contribution in [0, 0.1) is 5.92 Å². The zero-order chi connectivity index (χ0) is 20.7. The Balaban J connectivity index is 1.70. The highest BCUT2D eigenvalue weighted by molar-refractivity contribution is 7.89. The van der Waals surface area contributed by atoms with Gasteiger partial charge >= 0.3 is 6.18 Å². The summed E-state index contributed by atoms with van der Waals surface area (Å²) in [5.41, 5.74) is -2.82. The van der Waals surface area contributed by atoms with Crippen molar-refractivity contribution >= 4 is 21.8 Å². The van der Waals surface area contributed by atoms with Crippen molar-refractivity contribution < 1.29 is 31.2 Å². The summed E-state index contributed by atoms with van der Waals surface area (Å²) in [5.74, 6) is -1.76. The molecule has 0 spiro atoms. The van der Waals surface area contributed by atoms with Gasteiger partial charge in [-0.2, -0.15) is 13.2 Å². The van der Waals surface area contributed by atoms with Crippen LogP contribution in [0.1, 0.15) is 43.7 Å². The quantitative estimate of drug-likeness (QED) is 0.769. The van der Waals surface area contributed by atoms with E-state index >= 15 is 0 Å². The topological polar surface area (TPSA) is 83.6 Å². The Bertz CT molecular complexity index is 896. The number of hydrogen-bond acceptors (Lipinski definition) is 4. The van der Waals surface area contributed by atoms with Gasteiger partial charge in [0, 0.05) is 13.0 Å². The van der Waals surface area contributed by atoms with Gasteiger partial charge in [-0.25, -0.2) is 8.42 Å². The number of hydrogen-bond donors (Lipinski definition) is 1. The molecule has 1 saturated carbocycles. The highest BCUT2D eigenvalue weighted by Gasteiger charge is 2.50. The van der Waals surface area contributed by atoms with Gasteiger partial charge in [-0.15, -0.1) is 0 Å². The fraction of sp³-hybridized carbons (Fsp3) is 0.556. The lowest BCUT2D eigenvalue weighted by Crippen LogP contribution is -2.67. The number of rotatable bonds is 6. The number of benzene rings is 1. The van der Waals surface area contributed by atoms with Crippen LogP contribution in [0.15, 0.2) is 24.3 Å². The molecule has 2 amide bonds. The molecule has 1 unspecified atom stereocenters. The van der Waals surface area contributed by atoms with E-state index in [1.54, 1.807) is 0 Å². The first-order chi connectivity index (χ1) is 12.9. The fourth-order valence-electron chi connectivity index (χ4n) is 3.29. The highest BCUT2D eigenvalue weighted by atomic mass is 32.2. The second-order valence-electron chi connectivity index (χ2n) is 7.56. The molecule has 1 atom stereocenters. The molecule has 0 radical (unpaired) electrons. The van der Waals surface area contributed by atoms with E-state index in [1.165, 1.54) is 17.9 Å². The molecule has 2 aliphatic rings. The van der Waals surface area contributed by atoms with Crippen LogP contribution in [0.4, 0.5) is 13.2 Å². The molecule has 1 aliphatic heterocycles. The number of carbonyl (C=O) groups excluding carboxylic acids is 2. The molecule has 1 N–H and O–H groups in total. The van der Waals surface area contributed by atoms with E-state index in [0.717, 1.165) is 31.0 Å². The number of alkyl halides is 3. The second-order valence-corrected chi connectivity index (χ2v) is 9.28. The molecule has 1 aromatic carbocycles. The molecule has 0 aromatic heterocycles. The second kappa shape index (κ2) is 7.06. The number of likely N-dealkylation sites (tertiary alicyclic amines) is 1. The van der Waals surface area contributed by atoms with Gasteiger partial charge in [-0.1, -0.05) is 18.2 Å². The first-order valence-corrected chi connectivity index (χ1v) is 10.6. The van der Waals surface area contributed by atoms with Crippen molar-refractivity contribution in [2.24, 2.45) is 5.92 Å². The lowest BCUT2D eigenvalue weighted by atomic mass is 9.85. The Hall–Kier alpha value is -2.10. The van der Waals surface area contributed by atoms with Crippen molar-refractivity contribution in [3.63, 3.8) is 0 Å². The summed E-state index contributed by atoms with van der Waals surface area (Å²) in [4.78, 5) is 26.2. The number of halogens is 3. The van der Waals surface area contributed by atoms with Gasteiger partial charge in [0.25, 0.3) is 5.91 Å². The number of amides is 2. The fourth-order valence-corrected chi connectivity index (χ4v) is 4.52. The lowest BCUT2D eigenvalue weighted by molar-refractivity contribution is -0.156. The zero-order valence-corrected chi connectivity index (χ0v) is 16.1. The van der Waals surface area contributed by atoms with Crippen LogP contribution in [-0.2, 0) is 31.5 Å². The maximum Gasteiger partial charge on any atom is 0.416 e. The molecule has 1 heterocycles. The summed E-state index contributed by atoms with van der Waals surface area (Å²) in [6.45, 7) is 1.82. The normalized spacial score (nSPS) is 22.5. The van der Waals surface area contributed by atoms with Crippen LogP contribution < -0.4 is 4.72 Å². The van der Waals surface area contributed by atoms with E-state index in [1.807, 2.05) is 4.72 Å². The van der Waals surface area contributed by atoms with Crippen LogP contribution >= 0.6 is 0 Å². The minimum atomic E-state index is -4.71. The Morgan fingerprint density at radius 1 is 1.25 bits per heavy atom. The van der Waals surface area contributed by atoms with Crippen molar-refractivity contribution in [2.75, 3.05) is 6.54 Å². The summed E-state index contributed by atoms with van der Waals surface area (Å²) < 4.78 is 65.7. The summed E-state index contributed by atoms with van der Waals surface area (Å²) >= 11 is 0. The molecule has 3 rings (SSSR count). The van der Waals surface area contributed by atoms with Gasteiger partial charge in [0.1, 0.15) is 5.54 Å². The summed E-state index contributed by atoms with van der Waals surface area (Å²) in [6, 6.07) is 4.31. The predicted molar refractivity (Wildman–Crippen MR) is 94.3 cm³/mol. The first kappa shape index (κ1) is 20.6. The van der Waals surface area contributed by atoms with Gasteiger partial charge < -0.3 is 4.90 Å². The average molecular weight is 418 g/mol. The Kier molecular flexibility index (Phi) is 5.20. The minimum Gasteiger partial charge on any atom is -0.328 e.